The van der Waals surface area contributed by atoms with E-state index >= 15 is 0 Å². The van der Waals surface area contributed by atoms with Crippen LogP contribution in [0.5, 0.6) is 0 Å². The van der Waals surface area contributed by atoms with Crippen molar-refractivity contribution in [2.75, 3.05) is 19.7 Å². The summed E-state index contributed by atoms with van der Waals surface area (Å²) in [6.07, 6.45) is 1.96. The van der Waals surface area contributed by atoms with Gasteiger partial charge in [-0.15, -0.1) is 10.1 Å². The lowest BCUT2D eigenvalue weighted by molar-refractivity contribution is -0.759. The number of hydrogen-bond donors (Lipinski definition) is 2. The smallest absolute Gasteiger partial charge is 0.310 e. The number of carboxylic acids is 1. The molecule has 0 bridgehead atoms. The second kappa shape index (κ2) is 11.1. The highest BCUT2D eigenvalue weighted by Crippen LogP contribution is 2.26. The summed E-state index contributed by atoms with van der Waals surface area (Å²) in [5, 5.41) is 21.2. The van der Waals surface area contributed by atoms with Gasteiger partial charge in [-0.05, 0) is 56.0 Å². The van der Waals surface area contributed by atoms with E-state index in [2.05, 4.69) is 10.2 Å². The Hall–Kier alpha value is -3.00. The number of benzene rings is 2. The van der Waals surface area contributed by atoms with E-state index in [1.165, 1.54) is 6.07 Å². The second-order valence-corrected chi connectivity index (χ2v) is 6.88. The monoisotopic (exact) mass is 404 g/mol. The molecule has 2 N–H and O–H groups in total. The number of piperidine rings is 1. The number of carboxylic acid groups (broad SMARTS) is 1. The minimum absolute atomic E-state index is 0.259. The number of carbonyl (C=O) groups is 1. The van der Waals surface area contributed by atoms with Crippen LogP contribution >= 0.6 is 0 Å². The molecule has 8 heteroatoms. The molecule has 1 fully saturated rings. The van der Waals surface area contributed by atoms with Crippen LogP contribution in [0.1, 0.15) is 31.2 Å². The van der Waals surface area contributed by atoms with E-state index in [1.807, 2.05) is 30.3 Å². The fourth-order valence-electron chi connectivity index (χ4n) is 3.01. The lowest BCUT2D eigenvalue weighted by atomic mass is 9.97. The zero-order valence-corrected chi connectivity index (χ0v) is 16.2. The molecule has 1 aliphatic heterocycles. The van der Waals surface area contributed by atoms with Crippen LogP contribution < -0.4 is 5.32 Å². The Bertz CT molecular complexity index is 810. The van der Waals surface area contributed by atoms with Crippen LogP contribution in [0.25, 0.3) is 11.1 Å². The zero-order chi connectivity index (χ0) is 21.2. The maximum absolute atomic E-state index is 14.0. The quantitative estimate of drug-likeness (QED) is 0.560. The summed E-state index contributed by atoms with van der Waals surface area (Å²) in [4.78, 5) is 24.9. The van der Waals surface area contributed by atoms with Gasteiger partial charge in [0, 0.05) is 5.56 Å². The van der Waals surface area contributed by atoms with E-state index in [9.17, 15) is 19.3 Å². The number of nitrogens with one attached hydrogen (secondary N) is 1. The average Bonchev–Trinajstić information content (AvgIpc) is 2.73. The highest BCUT2D eigenvalue weighted by atomic mass is 19.1. The van der Waals surface area contributed by atoms with Crippen molar-refractivity contribution in [1.29, 1.82) is 0 Å². The molecule has 1 saturated heterocycles. The molecule has 0 saturated carbocycles. The van der Waals surface area contributed by atoms with E-state index in [0.29, 0.717) is 17.0 Å². The molecule has 0 radical (unpaired) electrons. The first-order valence-corrected chi connectivity index (χ1v) is 9.44. The third-order valence-electron chi connectivity index (χ3n) is 4.82. The minimum Gasteiger partial charge on any atom is -0.481 e. The van der Waals surface area contributed by atoms with Crippen molar-refractivity contribution < 1.29 is 24.2 Å². The molecular formula is C21H25FN2O5. The summed E-state index contributed by atoms with van der Waals surface area (Å²) in [5.74, 6) is -1.69. The number of rotatable bonds is 6. The average molecular weight is 404 g/mol. The molecule has 0 aromatic heterocycles. The largest absolute Gasteiger partial charge is 0.481 e. The Labute approximate surface area is 168 Å². The standard InChI is InChI=1S/C15H13FO2.C6H12N2O3/c1-10(15(17)18)12-7-8-13(14(16)9-12)11-5-3-2-4-6-11;9-8(10)11-5-6-1-3-7-4-2-6/h2-10H,1H3,(H,17,18);6-7H,1-5H2. The van der Waals surface area contributed by atoms with Crippen molar-refractivity contribution in [3.05, 3.63) is 70.0 Å². The Balaban J connectivity index is 0.000000234. The minimum atomic E-state index is -0.957. The zero-order valence-electron chi connectivity index (χ0n) is 16.2. The highest BCUT2D eigenvalue weighted by Gasteiger charge is 2.16. The molecular weight excluding hydrogens is 379 g/mol. The van der Waals surface area contributed by atoms with Gasteiger partial charge < -0.3 is 15.3 Å². The van der Waals surface area contributed by atoms with E-state index in [-0.39, 0.29) is 6.61 Å². The van der Waals surface area contributed by atoms with Crippen LogP contribution in [0, 0.1) is 21.8 Å². The van der Waals surface area contributed by atoms with E-state index in [4.69, 9.17) is 5.11 Å². The third-order valence-corrected chi connectivity index (χ3v) is 4.82. The van der Waals surface area contributed by atoms with Crippen LogP contribution in [-0.4, -0.2) is 35.9 Å². The van der Waals surface area contributed by atoms with E-state index in [1.54, 1.807) is 19.1 Å². The molecule has 1 heterocycles. The number of halogens is 1. The van der Waals surface area contributed by atoms with Crippen LogP contribution in [0.3, 0.4) is 0 Å². The van der Waals surface area contributed by atoms with Gasteiger partial charge in [0.1, 0.15) is 5.82 Å². The summed E-state index contributed by atoms with van der Waals surface area (Å²) in [5.41, 5.74) is 1.74. The molecule has 1 aliphatic rings. The molecule has 2 aromatic rings. The van der Waals surface area contributed by atoms with Crippen molar-refractivity contribution in [3.8, 4) is 11.1 Å². The molecule has 0 amide bonds. The molecule has 156 valence electrons. The van der Waals surface area contributed by atoms with Crippen LogP contribution in [0.2, 0.25) is 0 Å². The van der Waals surface area contributed by atoms with Crippen LogP contribution in [0.4, 0.5) is 4.39 Å². The maximum Gasteiger partial charge on any atom is 0.310 e. The molecule has 1 atom stereocenters. The van der Waals surface area contributed by atoms with Gasteiger partial charge in [0.05, 0.1) is 12.5 Å². The maximum atomic E-state index is 14.0. The van der Waals surface area contributed by atoms with Gasteiger partial charge in [-0.1, -0.05) is 42.5 Å². The number of aliphatic carboxylic acids is 1. The number of hydrogen-bond acceptors (Lipinski definition) is 5. The fraction of sp³-hybridized carbons (Fsp3) is 0.381. The van der Waals surface area contributed by atoms with Gasteiger partial charge in [-0.3, -0.25) is 4.79 Å². The van der Waals surface area contributed by atoms with Crippen molar-refractivity contribution >= 4 is 5.97 Å². The molecule has 0 spiro atoms. The van der Waals surface area contributed by atoms with Gasteiger partial charge in [-0.25, -0.2) is 4.39 Å². The third kappa shape index (κ3) is 7.15. The second-order valence-electron chi connectivity index (χ2n) is 6.88. The SMILES string of the molecule is CC(C(=O)O)c1ccc(-c2ccccc2)c(F)c1.O=[N+]([O-])OCC1CCNCC1. The molecule has 2 aromatic carbocycles. The topological polar surface area (TPSA) is 102 Å². The van der Waals surface area contributed by atoms with Crippen molar-refractivity contribution in [3.63, 3.8) is 0 Å². The summed E-state index contributed by atoms with van der Waals surface area (Å²) >= 11 is 0. The summed E-state index contributed by atoms with van der Waals surface area (Å²) in [7, 11) is 0. The van der Waals surface area contributed by atoms with Crippen molar-refractivity contribution in [2.45, 2.75) is 25.7 Å². The summed E-state index contributed by atoms with van der Waals surface area (Å²) < 4.78 is 14.0. The Morgan fingerprint density at radius 2 is 1.93 bits per heavy atom. The first-order valence-electron chi connectivity index (χ1n) is 9.44. The van der Waals surface area contributed by atoms with E-state index < -0.39 is 22.8 Å². The molecule has 29 heavy (non-hydrogen) atoms. The summed E-state index contributed by atoms with van der Waals surface area (Å²) in [6.45, 7) is 3.70. The van der Waals surface area contributed by atoms with Crippen LogP contribution in [0.15, 0.2) is 48.5 Å². The molecule has 1 unspecified atom stereocenters. The van der Waals surface area contributed by atoms with Gasteiger partial charge in [0.25, 0.3) is 5.09 Å². The van der Waals surface area contributed by atoms with Gasteiger partial charge in [0.2, 0.25) is 0 Å². The molecule has 0 aliphatic carbocycles. The van der Waals surface area contributed by atoms with E-state index in [0.717, 1.165) is 31.5 Å². The normalized spacial score (nSPS) is 15.0. The van der Waals surface area contributed by atoms with Gasteiger partial charge >= 0.3 is 5.97 Å². The Morgan fingerprint density at radius 3 is 2.48 bits per heavy atom. The molecule has 3 rings (SSSR count). The summed E-state index contributed by atoms with van der Waals surface area (Å²) in [6, 6.07) is 13.7. The Kier molecular flexibility index (Phi) is 8.54. The number of nitrogens with zero attached hydrogens (tertiary/aromatic N) is 1. The molecule has 7 nitrogen and oxygen atoms in total. The highest BCUT2D eigenvalue weighted by molar-refractivity contribution is 5.76. The predicted octanol–water partition coefficient (Wildman–Crippen LogP) is 3.88. The van der Waals surface area contributed by atoms with Gasteiger partial charge in [0.15, 0.2) is 0 Å². The van der Waals surface area contributed by atoms with Crippen molar-refractivity contribution in [2.24, 2.45) is 5.92 Å². The fourth-order valence-corrected chi connectivity index (χ4v) is 3.01. The van der Waals surface area contributed by atoms with Gasteiger partial charge in [-0.2, -0.15) is 0 Å². The van der Waals surface area contributed by atoms with Crippen molar-refractivity contribution in [1.82, 2.24) is 5.32 Å². The first-order chi connectivity index (χ1) is 13.9. The lowest BCUT2D eigenvalue weighted by Crippen LogP contribution is -2.30. The Morgan fingerprint density at radius 1 is 1.28 bits per heavy atom. The van der Waals surface area contributed by atoms with Crippen LogP contribution in [-0.2, 0) is 9.63 Å². The lowest BCUT2D eigenvalue weighted by Gasteiger charge is -2.20. The predicted molar refractivity (Wildman–Crippen MR) is 106 cm³/mol. The first kappa shape index (κ1) is 22.3.